The van der Waals surface area contributed by atoms with Gasteiger partial charge in [0, 0.05) is 18.0 Å². The van der Waals surface area contributed by atoms with Crippen molar-refractivity contribution in [2.45, 2.75) is 12.1 Å². The fraction of sp³-hybridized carbons (Fsp3) is 0.222. The van der Waals surface area contributed by atoms with Crippen LogP contribution in [0.4, 0.5) is 13.2 Å². The van der Waals surface area contributed by atoms with Crippen molar-refractivity contribution >= 4 is 23.2 Å². The summed E-state index contributed by atoms with van der Waals surface area (Å²) in [6, 6.07) is 0. The van der Waals surface area contributed by atoms with Crippen LogP contribution in [0.15, 0.2) is 18.6 Å². The minimum Gasteiger partial charge on any atom is -0.259 e. The molecule has 2 heterocycles. The molecule has 0 amide bonds. The molecule has 0 aromatic carbocycles. The third-order valence-electron chi connectivity index (χ3n) is 2.09. The van der Waals surface area contributed by atoms with E-state index in [1.54, 1.807) is 0 Å². The van der Waals surface area contributed by atoms with E-state index in [2.05, 4.69) is 15.1 Å². The van der Waals surface area contributed by atoms with E-state index in [0.29, 0.717) is 0 Å². The second kappa shape index (κ2) is 4.74. The van der Waals surface area contributed by atoms with Gasteiger partial charge in [-0.15, -0.1) is 11.6 Å². The molecule has 0 radical (unpaired) electrons. The molecule has 9 heteroatoms. The highest BCUT2D eigenvalue weighted by molar-refractivity contribution is 6.31. The first-order valence-corrected chi connectivity index (χ1v) is 5.53. The summed E-state index contributed by atoms with van der Waals surface area (Å²) in [5.41, 5.74) is -1.40. The first kappa shape index (κ1) is 13.1. The highest BCUT2D eigenvalue weighted by Crippen LogP contribution is 2.35. The van der Waals surface area contributed by atoms with Crippen LogP contribution in [0.1, 0.15) is 11.3 Å². The SMILES string of the molecule is FC(F)(F)c1nn(-c2cnccn2)c(Cl)c1CCl. The van der Waals surface area contributed by atoms with E-state index < -0.39 is 17.8 Å². The van der Waals surface area contributed by atoms with E-state index >= 15 is 0 Å². The zero-order chi connectivity index (χ0) is 13.3. The zero-order valence-electron chi connectivity index (χ0n) is 8.62. The van der Waals surface area contributed by atoms with E-state index in [9.17, 15) is 13.2 Å². The van der Waals surface area contributed by atoms with Crippen molar-refractivity contribution in [1.29, 1.82) is 0 Å². The molecule has 0 aliphatic heterocycles. The van der Waals surface area contributed by atoms with E-state index in [-0.39, 0.29) is 16.5 Å². The van der Waals surface area contributed by atoms with Gasteiger partial charge in [-0.3, -0.25) is 4.98 Å². The smallest absolute Gasteiger partial charge is 0.259 e. The Morgan fingerprint density at radius 3 is 2.44 bits per heavy atom. The Hall–Kier alpha value is -1.34. The summed E-state index contributed by atoms with van der Waals surface area (Å²) >= 11 is 11.3. The molecule has 0 unspecified atom stereocenters. The molecule has 0 saturated carbocycles. The number of hydrogen-bond acceptors (Lipinski definition) is 3. The first-order valence-electron chi connectivity index (χ1n) is 4.62. The number of alkyl halides is 4. The van der Waals surface area contributed by atoms with Crippen LogP contribution in [0.25, 0.3) is 5.82 Å². The van der Waals surface area contributed by atoms with Crippen molar-refractivity contribution in [3.8, 4) is 5.82 Å². The molecule has 0 atom stereocenters. The van der Waals surface area contributed by atoms with Crippen LogP contribution in [0.5, 0.6) is 0 Å². The Morgan fingerprint density at radius 2 is 2.00 bits per heavy atom. The molecule has 0 N–H and O–H groups in total. The lowest BCUT2D eigenvalue weighted by molar-refractivity contribution is -0.141. The fourth-order valence-electron chi connectivity index (χ4n) is 1.33. The highest BCUT2D eigenvalue weighted by Gasteiger charge is 2.39. The van der Waals surface area contributed by atoms with Crippen LogP contribution in [0.3, 0.4) is 0 Å². The topological polar surface area (TPSA) is 43.6 Å². The number of rotatable bonds is 2. The van der Waals surface area contributed by atoms with Gasteiger partial charge in [0.25, 0.3) is 0 Å². The largest absolute Gasteiger partial charge is 0.435 e. The van der Waals surface area contributed by atoms with Gasteiger partial charge in [0.05, 0.1) is 12.1 Å². The van der Waals surface area contributed by atoms with Gasteiger partial charge in [0.15, 0.2) is 11.5 Å². The zero-order valence-corrected chi connectivity index (χ0v) is 10.1. The van der Waals surface area contributed by atoms with Crippen molar-refractivity contribution in [1.82, 2.24) is 19.7 Å². The molecule has 0 aliphatic rings. The van der Waals surface area contributed by atoms with Gasteiger partial charge in [-0.2, -0.15) is 18.3 Å². The molecule has 0 fully saturated rings. The molecular weight excluding hydrogens is 292 g/mol. The van der Waals surface area contributed by atoms with Gasteiger partial charge in [-0.05, 0) is 0 Å². The van der Waals surface area contributed by atoms with Gasteiger partial charge in [0.1, 0.15) is 5.15 Å². The van der Waals surface area contributed by atoms with Crippen LogP contribution >= 0.6 is 23.2 Å². The van der Waals surface area contributed by atoms with E-state index in [0.717, 1.165) is 4.68 Å². The Balaban J connectivity index is 2.61. The Kier molecular flexibility index (Phi) is 3.45. The number of nitrogens with zero attached hydrogens (tertiary/aromatic N) is 4. The predicted octanol–water partition coefficient (Wildman–Crippen LogP) is 3.07. The van der Waals surface area contributed by atoms with E-state index in [1.807, 2.05) is 0 Å². The van der Waals surface area contributed by atoms with Crippen LogP contribution in [-0.4, -0.2) is 19.7 Å². The Morgan fingerprint density at radius 1 is 1.28 bits per heavy atom. The van der Waals surface area contributed by atoms with Crippen molar-refractivity contribution in [3.05, 3.63) is 35.0 Å². The number of hydrogen-bond donors (Lipinski definition) is 0. The summed E-state index contributed by atoms with van der Waals surface area (Å²) in [4.78, 5) is 7.56. The monoisotopic (exact) mass is 296 g/mol. The second-order valence-corrected chi connectivity index (χ2v) is 3.85. The van der Waals surface area contributed by atoms with Crippen molar-refractivity contribution in [2.75, 3.05) is 0 Å². The second-order valence-electron chi connectivity index (χ2n) is 3.22. The summed E-state index contributed by atoms with van der Waals surface area (Å²) in [5, 5.41) is 3.17. The van der Waals surface area contributed by atoms with Crippen LogP contribution in [0.2, 0.25) is 5.15 Å². The molecule has 96 valence electrons. The first-order chi connectivity index (χ1) is 8.45. The lowest BCUT2D eigenvalue weighted by atomic mass is 10.3. The van der Waals surface area contributed by atoms with Gasteiger partial charge in [-0.25, -0.2) is 9.67 Å². The molecule has 4 nitrogen and oxygen atoms in total. The van der Waals surface area contributed by atoms with Crippen molar-refractivity contribution < 1.29 is 13.2 Å². The lowest BCUT2D eigenvalue weighted by Crippen LogP contribution is -2.09. The normalized spacial score (nSPS) is 11.8. The maximum atomic E-state index is 12.7. The number of aromatic nitrogens is 4. The molecule has 2 aromatic rings. The summed E-state index contributed by atoms with van der Waals surface area (Å²) in [7, 11) is 0. The predicted molar refractivity (Wildman–Crippen MR) is 58.7 cm³/mol. The molecule has 0 aliphatic carbocycles. The van der Waals surface area contributed by atoms with Crippen LogP contribution < -0.4 is 0 Å². The summed E-state index contributed by atoms with van der Waals surface area (Å²) in [5.74, 6) is -0.308. The summed E-state index contributed by atoms with van der Waals surface area (Å²) < 4.78 is 39.0. The standard InChI is InChI=1S/C9H5Cl2F3N4/c10-3-5-7(9(12,13)14)17-18(8(5)11)6-4-15-1-2-16-6/h1-2,4H,3H2. The maximum Gasteiger partial charge on any atom is 0.435 e. The molecule has 2 rings (SSSR count). The van der Waals surface area contributed by atoms with Crippen LogP contribution in [0, 0.1) is 0 Å². The minimum absolute atomic E-state index is 0.0874. The van der Waals surface area contributed by atoms with Crippen LogP contribution in [-0.2, 0) is 12.1 Å². The highest BCUT2D eigenvalue weighted by atomic mass is 35.5. The van der Waals surface area contributed by atoms with Gasteiger partial charge in [0.2, 0.25) is 0 Å². The van der Waals surface area contributed by atoms with Gasteiger partial charge < -0.3 is 0 Å². The van der Waals surface area contributed by atoms with Gasteiger partial charge >= 0.3 is 6.18 Å². The third-order valence-corrected chi connectivity index (χ3v) is 2.75. The Labute approximate surface area is 109 Å². The fourth-order valence-corrected chi connectivity index (χ4v) is 1.93. The number of halogens is 5. The molecule has 2 aromatic heterocycles. The summed E-state index contributed by atoms with van der Waals surface area (Å²) in [6.45, 7) is 0. The van der Waals surface area contributed by atoms with Gasteiger partial charge in [-0.1, -0.05) is 11.6 Å². The van der Waals surface area contributed by atoms with Crippen molar-refractivity contribution in [3.63, 3.8) is 0 Å². The maximum absolute atomic E-state index is 12.7. The lowest BCUT2D eigenvalue weighted by Gasteiger charge is -2.03. The molecule has 0 spiro atoms. The minimum atomic E-state index is -4.62. The molecule has 0 saturated heterocycles. The van der Waals surface area contributed by atoms with E-state index in [1.165, 1.54) is 18.6 Å². The molecule has 18 heavy (non-hydrogen) atoms. The quantitative estimate of drug-likeness (QED) is 0.800. The third kappa shape index (κ3) is 2.28. The van der Waals surface area contributed by atoms with E-state index in [4.69, 9.17) is 23.2 Å². The molecular formula is C9H5Cl2F3N4. The average Bonchev–Trinajstić information content (AvgIpc) is 2.67. The summed E-state index contributed by atoms with van der Waals surface area (Å²) in [6.07, 6.45) is -0.673. The van der Waals surface area contributed by atoms with Crippen molar-refractivity contribution in [2.24, 2.45) is 0 Å². The average molecular weight is 297 g/mol. The Bertz CT molecular complexity index is 553. The molecule has 0 bridgehead atoms.